The van der Waals surface area contributed by atoms with Crippen LogP contribution in [0.15, 0.2) is 46.9 Å². The van der Waals surface area contributed by atoms with Crippen molar-refractivity contribution < 1.29 is 4.79 Å². The zero-order valence-electron chi connectivity index (χ0n) is 11.8. The van der Waals surface area contributed by atoms with E-state index in [0.29, 0.717) is 0 Å². The molecule has 0 aliphatic carbocycles. The third kappa shape index (κ3) is 2.44. The first-order valence-electron chi connectivity index (χ1n) is 6.75. The summed E-state index contributed by atoms with van der Waals surface area (Å²) in [5.74, 6) is 0.0571. The third-order valence-electron chi connectivity index (χ3n) is 4.00. The van der Waals surface area contributed by atoms with Crippen molar-refractivity contribution in [2.75, 3.05) is 5.32 Å². The Labute approximate surface area is 141 Å². The van der Waals surface area contributed by atoms with Crippen LogP contribution in [0.5, 0.6) is 0 Å². The highest BCUT2D eigenvalue weighted by atomic mass is 79.9. The lowest BCUT2D eigenvalue weighted by molar-refractivity contribution is -0.119. The fourth-order valence-corrected chi connectivity index (χ4v) is 4.11. The molecule has 1 amide bonds. The molecule has 2 aromatic rings. The van der Waals surface area contributed by atoms with Gasteiger partial charge in [0.1, 0.15) is 0 Å². The molecule has 0 radical (unpaired) electrons. The Morgan fingerprint density at radius 2 is 1.86 bits per heavy atom. The van der Waals surface area contributed by atoms with E-state index in [-0.39, 0.29) is 10.7 Å². The molecule has 1 unspecified atom stereocenters. The number of anilines is 1. The summed E-state index contributed by atoms with van der Waals surface area (Å²) >= 11 is 7.36. The Bertz CT molecular complexity index is 724. The Morgan fingerprint density at radius 3 is 2.57 bits per heavy atom. The van der Waals surface area contributed by atoms with Crippen LogP contribution in [0.25, 0.3) is 0 Å². The highest BCUT2D eigenvalue weighted by molar-refractivity contribution is 9.11. The number of halogens is 2. The van der Waals surface area contributed by atoms with E-state index in [9.17, 15) is 4.79 Å². The monoisotopic (exact) mass is 407 g/mol. The minimum Gasteiger partial charge on any atom is -0.325 e. The van der Waals surface area contributed by atoms with E-state index in [0.717, 1.165) is 21.3 Å². The summed E-state index contributed by atoms with van der Waals surface area (Å²) in [7, 11) is 0. The molecule has 0 bridgehead atoms. The van der Waals surface area contributed by atoms with Crippen LogP contribution in [0.4, 0.5) is 5.69 Å². The minimum absolute atomic E-state index is 0.0571. The molecule has 0 aromatic heterocycles. The Kier molecular flexibility index (Phi) is 3.70. The van der Waals surface area contributed by atoms with Gasteiger partial charge in [-0.05, 0) is 42.7 Å². The molecule has 0 saturated heterocycles. The van der Waals surface area contributed by atoms with Gasteiger partial charge >= 0.3 is 0 Å². The average molecular weight is 409 g/mol. The van der Waals surface area contributed by atoms with Gasteiger partial charge in [-0.15, -0.1) is 0 Å². The van der Waals surface area contributed by atoms with Crippen molar-refractivity contribution in [3.63, 3.8) is 0 Å². The lowest BCUT2D eigenvalue weighted by atomic mass is 9.85. The standard InChI is InChI=1S/C17H15Br2NO/c1-17(2)12-9-10(7-8-14(12)20-16(17)21)15(19)11-5-3-4-6-13(11)18/h3-9,15H,1-2H3,(H,20,21). The summed E-state index contributed by atoms with van der Waals surface area (Å²) in [5.41, 5.74) is 3.81. The largest absolute Gasteiger partial charge is 0.325 e. The molecular weight excluding hydrogens is 394 g/mol. The molecule has 108 valence electrons. The molecule has 1 aliphatic rings. The maximum Gasteiger partial charge on any atom is 0.234 e. The summed E-state index contributed by atoms with van der Waals surface area (Å²) in [6, 6.07) is 14.3. The van der Waals surface area contributed by atoms with Gasteiger partial charge < -0.3 is 5.32 Å². The van der Waals surface area contributed by atoms with Crippen LogP contribution < -0.4 is 5.32 Å². The molecule has 2 nitrogen and oxygen atoms in total. The predicted octanol–water partition coefficient (Wildman–Crippen LogP) is 5.16. The van der Waals surface area contributed by atoms with E-state index < -0.39 is 5.41 Å². The van der Waals surface area contributed by atoms with Gasteiger partial charge in [-0.25, -0.2) is 0 Å². The fourth-order valence-electron chi connectivity index (χ4n) is 2.61. The van der Waals surface area contributed by atoms with Crippen LogP contribution in [0.2, 0.25) is 0 Å². The van der Waals surface area contributed by atoms with Crippen LogP contribution in [-0.2, 0) is 10.2 Å². The number of carbonyl (C=O) groups is 1. The van der Waals surface area contributed by atoms with E-state index in [4.69, 9.17) is 0 Å². The zero-order valence-corrected chi connectivity index (χ0v) is 15.0. The van der Waals surface area contributed by atoms with Crippen molar-refractivity contribution >= 4 is 43.5 Å². The zero-order chi connectivity index (χ0) is 15.2. The Morgan fingerprint density at radius 1 is 1.14 bits per heavy atom. The molecule has 1 atom stereocenters. The lowest BCUT2D eigenvalue weighted by Crippen LogP contribution is -2.26. The molecule has 0 spiro atoms. The second-order valence-electron chi connectivity index (χ2n) is 5.77. The molecule has 1 aliphatic heterocycles. The number of amides is 1. The van der Waals surface area contributed by atoms with Crippen LogP contribution in [-0.4, -0.2) is 5.91 Å². The number of hydrogen-bond donors (Lipinski definition) is 1. The van der Waals surface area contributed by atoms with E-state index in [2.05, 4.69) is 55.4 Å². The number of carbonyl (C=O) groups excluding carboxylic acids is 1. The van der Waals surface area contributed by atoms with Gasteiger partial charge in [-0.2, -0.15) is 0 Å². The molecule has 4 heteroatoms. The van der Waals surface area contributed by atoms with Crippen molar-refractivity contribution in [1.82, 2.24) is 0 Å². The molecule has 1 heterocycles. The van der Waals surface area contributed by atoms with Crippen molar-refractivity contribution in [1.29, 1.82) is 0 Å². The first kappa shape index (κ1) is 14.8. The van der Waals surface area contributed by atoms with Crippen molar-refractivity contribution in [3.8, 4) is 0 Å². The minimum atomic E-state index is -0.480. The van der Waals surface area contributed by atoms with Gasteiger partial charge in [-0.3, -0.25) is 4.79 Å². The number of hydrogen-bond acceptors (Lipinski definition) is 1. The molecule has 21 heavy (non-hydrogen) atoms. The first-order chi connectivity index (χ1) is 9.91. The van der Waals surface area contributed by atoms with E-state index in [1.54, 1.807) is 0 Å². The molecular formula is C17H15Br2NO. The van der Waals surface area contributed by atoms with Crippen LogP contribution >= 0.6 is 31.9 Å². The summed E-state index contributed by atoms with van der Waals surface area (Å²) in [4.78, 5) is 12.1. The molecule has 3 rings (SSSR count). The van der Waals surface area contributed by atoms with Crippen LogP contribution in [0.1, 0.15) is 35.4 Å². The summed E-state index contributed by atoms with van der Waals surface area (Å²) in [6.45, 7) is 3.92. The molecule has 0 saturated carbocycles. The van der Waals surface area contributed by atoms with Crippen LogP contribution in [0.3, 0.4) is 0 Å². The average Bonchev–Trinajstić information content (AvgIpc) is 2.69. The topological polar surface area (TPSA) is 29.1 Å². The second-order valence-corrected chi connectivity index (χ2v) is 7.54. The number of nitrogens with one attached hydrogen (secondary N) is 1. The fraction of sp³-hybridized carbons (Fsp3) is 0.235. The SMILES string of the molecule is CC1(C)C(=O)Nc2ccc(C(Br)c3ccccc3Br)cc21. The van der Waals surface area contributed by atoms with Gasteiger partial charge in [0.25, 0.3) is 0 Å². The Balaban J connectivity index is 2.05. The summed E-state index contributed by atoms with van der Waals surface area (Å²) < 4.78 is 1.07. The quantitative estimate of drug-likeness (QED) is 0.683. The summed E-state index contributed by atoms with van der Waals surface area (Å²) in [5, 5.41) is 2.94. The predicted molar refractivity (Wildman–Crippen MR) is 93.0 cm³/mol. The number of benzene rings is 2. The normalized spacial score (nSPS) is 17.2. The summed E-state index contributed by atoms with van der Waals surface area (Å²) in [6.07, 6.45) is 0. The van der Waals surface area contributed by atoms with E-state index >= 15 is 0 Å². The Hall–Kier alpha value is -1.13. The molecule has 2 aromatic carbocycles. The maximum absolute atomic E-state index is 12.0. The number of fused-ring (bicyclic) bond motifs is 1. The number of alkyl halides is 1. The lowest BCUT2D eigenvalue weighted by Gasteiger charge is -2.18. The van der Waals surface area contributed by atoms with Crippen molar-refractivity contribution in [2.24, 2.45) is 0 Å². The second kappa shape index (κ2) is 5.25. The highest BCUT2D eigenvalue weighted by Crippen LogP contribution is 2.42. The van der Waals surface area contributed by atoms with Crippen molar-refractivity contribution in [3.05, 3.63) is 63.6 Å². The van der Waals surface area contributed by atoms with Crippen molar-refractivity contribution in [2.45, 2.75) is 24.1 Å². The maximum atomic E-state index is 12.0. The van der Waals surface area contributed by atoms with Gasteiger partial charge in [0.15, 0.2) is 0 Å². The third-order valence-corrected chi connectivity index (χ3v) is 5.75. The molecule has 1 N–H and O–H groups in total. The smallest absolute Gasteiger partial charge is 0.234 e. The van der Waals surface area contributed by atoms with E-state index in [1.165, 1.54) is 5.56 Å². The van der Waals surface area contributed by atoms with Gasteiger partial charge in [0.05, 0.1) is 10.2 Å². The van der Waals surface area contributed by atoms with Gasteiger partial charge in [-0.1, -0.05) is 62.2 Å². The van der Waals surface area contributed by atoms with Gasteiger partial charge in [0, 0.05) is 10.2 Å². The molecule has 0 fully saturated rings. The van der Waals surface area contributed by atoms with E-state index in [1.807, 2.05) is 38.1 Å². The van der Waals surface area contributed by atoms with Crippen LogP contribution in [0, 0.1) is 0 Å². The van der Waals surface area contributed by atoms with Gasteiger partial charge in [0.2, 0.25) is 5.91 Å². The number of rotatable bonds is 2. The highest BCUT2D eigenvalue weighted by Gasteiger charge is 2.38. The first-order valence-corrected chi connectivity index (χ1v) is 8.46.